The highest BCUT2D eigenvalue weighted by molar-refractivity contribution is 7.99. The second-order valence-corrected chi connectivity index (χ2v) is 5.79. The lowest BCUT2D eigenvalue weighted by Crippen LogP contribution is -2.22. The molecule has 1 nitrogen and oxygen atoms in total. The Bertz CT molecular complexity index is 631. The molecule has 2 aromatic carbocycles. The molecular weight excluding hydrogens is 295 g/mol. The molecule has 0 aliphatic heterocycles. The summed E-state index contributed by atoms with van der Waals surface area (Å²) in [5.41, 5.74) is 0.434. The molecule has 0 spiro atoms. The van der Waals surface area contributed by atoms with E-state index in [0.29, 0.717) is 11.3 Å². The van der Waals surface area contributed by atoms with Gasteiger partial charge in [0.15, 0.2) is 0 Å². The summed E-state index contributed by atoms with van der Waals surface area (Å²) in [6, 6.07) is 8.34. The zero-order chi connectivity index (χ0) is 15.4. The van der Waals surface area contributed by atoms with Gasteiger partial charge in [-0.2, -0.15) is 0 Å². The van der Waals surface area contributed by atoms with Crippen molar-refractivity contribution < 1.29 is 13.2 Å². The van der Waals surface area contributed by atoms with E-state index >= 15 is 0 Å². The number of benzene rings is 2. The Morgan fingerprint density at radius 1 is 1.14 bits per heavy atom. The molecule has 0 saturated carbocycles. The maximum absolute atomic E-state index is 14.1. The molecule has 0 heterocycles. The first-order chi connectivity index (χ1) is 10.0. The maximum Gasteiger partial charge on any atom is 0.133 e. The van der Waals surface area contributed by atoms with E-state index in [1.807, 2.05) is 0 Å². The van der Waals surface area contributed by atoms with Gasteiger partial charge in [-0.05, 0) is 43.8 Å². The highest BCUT2D eigenvalue weighted by Gasteiger charge is 2.20. The van der Waals surface area contributed by atoms with Crippen molar-refractivity contribution in [2.24, 2.45) is 0 Å². The monoisotopic (exact) mass is 311 g/mol. The van der Waals surface area contributed by atoms with Crippen LogP contribution in [0.4, 0.5) is 13.2 Å². The maximum atomic E-state index is 14.1. The summed E-state index contributed by atoms with van der Waals surface area (Å²) in [6.07, 6.45) is 0. The summed E-state index contributed by atoms with van der Waals surface area (Å²) in [6.45, 7) is 1.60. The molecule has 0 radical (unpaired) electrons. The van der Waals surface area contributed by atoms with Crippen molar-refractivity contribution in [2.75, 3.05) is 12.8 Å². The van der Waals surface area contributed by atoms with E-state index in [-0.39, 0.29) is 11.4 Å². The minimum absolute atomic E-state index is 0.0291. The van der Waals surface area contributed by atoms with Crippen LogP contribution < -0.4 is 5.32 Å². The van der Waals surface area contributed by atoms with Gasteiger partial charge in [0.25, 0.3) is 0 Å². The van der Waals surface area contributed by atoms with Crippen LogP contribution in [-0.2, 0) is 0 Å². The molecule has 1 atom stereocenters. The Balaban J connectivity index is 2.19. The van der Waals surface area contributed by atoms with E-state index in [2.05, 4.69) is 5.32 Å². The third-order valence-corrected chi connectivity index (χ3v) is 4.32. The van der Waals surface area contributed by atoms with E-state index in [0.717, 1.165) is 4.90 Å². The standard InChI is InChI=1S/C16H16F3NS/c1-10-6-7-13(18)15(16(10)19)14(20-2)9-21-12-5-3-4-11(17)8-12/h3-8,14,20H,9H2,1-2H3. The summed E-state index contributed by atoms with van der Waals surface area (Å²) < 4.78 is 41.2. The van der Waals surface area contributed by atoms with Crippen LogP contribution in [0.5, 0.6) is 0 Å². The molecular formula is C16H16F3NS. The number of halogens is 3. The van der Waals surface area contributed by atoms with Gasteiger partial charge in [-0.25, -0.2) is 13.2 Å². The van der Waals surface area contributed by atoms with Crippen LogP contribution in [0, 0.1) is 24.4 Å². The number of rotatable bonds is 5. The molecule has 0 aliphatic rings. The molecule has 0 fully saturated rings. The van der Waals surface area contributed by atoms with E-state index in [1.54, 1.807) is 26.1 Å². The molecule has 0 bridgehead atoms. The normalized spacial score (nSPS) is 12.4. The summed E-state index contributed by atoms with van der Waals surface area (Å²) in [7, 11) is 1.65. The van der Waals surface area contributed by atoms with Crippen molar-refractivity contribution in [1.82, 2.24) is 5.32 Å². The van der Waals surface area contributed by atoms with Crippen molar-refractivity contribution in [3.8, 4) is 0 Å². The molecule has 2 aromatic rings. The van der Waals surface area contributed by atoms with Crippen LogP contribution in [0.25, 0.3) is 0 Å². The summed E-state index contributed by atoms with van der Waals surface area (Å²) in [5.74, 6) is -1.03. The minimum Gasteiger partial charge on any atom is -0.312 e. The van der Waals surface area contributed by atoms with Gasteiger partial charge in [-0.15, -0.1) is 11.8 Å². The lowest BCUT2D eigenvalue weighted by molar-refractivity contribution is 0.509. The van der Waals surface area contributed by atoms with E-state index in [1.165, 1.54) is 36.0 Å². The summed E-state index contributed by atoms with van der Waals surface area (Å²) in [4.78, 5) is 0.726. The van der Waals surface area contributed by atoms with Crippen LogP contribution in [0.15, 0.2) is 41.3 Å². The Labute approximate surface area is 126 Å². The zero-order valence-corrected chi connectivity index (χ0v) is 12.6. The predicted octanol–water partition coefficient (Wildman–Crippen LogP) is 4.47. The van der Waals surface area contributed by atoms with Gasteiger partial charge < -0.3 is 5.32 Å². The summed E-state index contributed by atoms with van der Waals surface area (Å²) in [5, 5.41) is 2.92. The van der Waals surface area contributed by atoms with Gasteiger partial charge in [0.2, 0.25) is 0 Å². The smallest absolute Gasteiger partial charge is 0.133 e. The zero-order valence-electron chi connectivity index (χ0n) is 11.8. The molecule has 1 unspecified atom stereocenters. The third kappa shape index (κ3) is 3.80. The average molecular weight is 311 g/mol. The van der Waals surface area contributed by atoms with Crippen molar-refractivity contribution in [1.29, 1.82) is 0 Å². The van der Waals surface area contributed by atoms with E-state index < -0.39 is 17.7 Å². The second kappa shape index (κ2) is 7.00. The number of hydrogen-bond acceptors (Lipinski definition) is 2. The quantitative estimate of drug-likeness (QED) is 0.818. The number of hydrogen-bond donors (Lipinski definition) is 1. The molecule has 0 aromatic heterocycles. The number of thioether (sulfide) groups is 1. The molecule has 21 heavy (non-hydrogen) atoms. The van der Waals surface area contributed by atoms with E-state index in [9.17, 15) is 13.2 Å². The van der Waals surface area contributed by atoms with Crippen molar-refractivity contribution >= 4 is 11.8 Å². The van der Waals surface area contributed by atoms with Crippen LogP contribution in [0.3, 0.4) is 0 Å². The Hall–Kier alpha value is -1.46. The fourth-order valence-corrected chi connectivity index (χ4v) is 3.11. The van der Waals surface area contributed by atoms with Gasteiger partial charge in [-0.1, -0.05) is 12.1 Å². The predicted molar refractivity (Wildman–Crippen MR) is 80.0 cm³/mol. The van der Waals surface area contributed by atoms with Gasteiger partial charge in [0.1, 0.15) is 17.5 Å². The molecule has 1 N–H and O–H groups in total. The Kier molecular flexibility index (Phi) is 5.31. The number of aryl methyl sites for hydroxylation is 1. The van der Waals surface area contributed by atoms with Crippen molar-refractivity contribution in [3.05, 3.63) is 65.0 Å². The molecule has 2 rings (SSSR count). The van der Waals surface area contributed by atoms with Crippen molar-refractivity contribution in [3.63, 3.8) is 0 Å². The average Bonchev–Trinajstić information content (AvgIpc) is 2.46. The van der Waals surface area contributed by atoms with Crippen molar-refractivity contribution in [2.45, 2.75) is 17.9 Å². The first kappa shape index (κ1) is 15.9. The van der Waals surface area contributed by atoms with Gasteiger partial charge in [0, 0.05) is 22.3 Å². The van der Waals surface area contributed by atoms with Gasteiger partial charge in [0.05, 0.1) is 0 Å². The fraction of sp³-hybridized carbons (Fsp3) is 0.250. The Morgan fingerprint density at radius 3 is 2.57 bits per heavy atom. The van der Waals surface area contributed by atoms with Gasteiger partial charge >= 0.3 is 0 Å². The SMILES string of the molecule is CNC(CSc1cccc(F)c1)c1c(F)ccc(C)c1F. The minimum atomic E-state index is -0.572. The second-order valence-electron chi connectivity index (χ2n) is 4.70. The van der Waals surface area contributed by atoms with Crippen LogP contribution in [0.2, 0.25) is 0 Å². The largest absolute Gasteiger partial charge is 0.312 e. The first-order valence-electron chi connectivity index (χ1n) is 6.53. The van der Waals surface area contributed by atoms with Crippen LogP contribution in [0.1, 0.15) is 17.2 Å². The van der Waals surface area contributed by atoms with Gasteiger partial charge in [-0.3, -0.25) is 0 Å². The first-order valence-corrected chi connectivity index (χ1v) is 7.51. The molecule has 5 heteroatoms. The summed E-state index contributed by atoms with van der Waals surface area (Å²) >= 11 is 1.35. The van der Waals surface area contributed by atoms with E-state index in [4.69, 9.17) is 0 Å². The lowest BCUT2D eigenvalue weighted by Gasteiger charge is -2.18. The van der Waals surface area contributed by atoms with Crippen LogP contribution >= 0.6 is 11.8 Å². The highest BCUT2D eigenvalue weighted by atomic mass is 32.2. The highest BCUT2D eigenvalue weighted by Crippen LogP contribution is 2.29. The topological polar surface area (TPSA) is 12.0 Å². The molecule has 0 aliphatic carbocycles. The molecule has 0 saturated heterocycles. The number of nitrogens with one attached hydrogen (secondary N) is 1. The molecule has 112 valence electrons. The fourth-order valence-electron chi connectivity index (χ4n) is 2.05. The molecule has 0 amide bonds. The third-order valence-electron chi connectivity index (χ3n) is 3.23. The van der Waals surface area contributed by atoms with Crippen LogP contribution in [-0.4, -0.2) is 12.8 Å². The lowest BCUT2D eigenvalue weighted by atomic mass is 10.0. The Morgan fingerprint density at radius 2 is 1.90 bits per heavy atom.